The van der Waals surface area contributed by atoms with Crippen molar-refractivity contribution in [2.24, 2.45) is 0 Å². The third-order valence-corrected chi connectivity index (χ3v) is 1.39. The van der Waals surface area contributed by atoms with Gasteiger partial charge >= 0.3 is 5.97 Å². The maximum absolute atomic E-state index is 10.7. The summed E-state index contributed by atoms with van der Waals surface area (Å²) in [4.78, 5) is 10.7. The van der Waals surface area contributed by atoms with E-state index in [9.17, 15) is 4.79 Å². The van der Waals surface area contributed by atoms with Crippen molar-refractivity contribution in [2.45, 2.75) is 20.0 Å². The van der Waals surface area contributed by atoms with E-state index < -0.39 is 0 Å². The quantitative estimate of drug-likeness (QED) is 0.633. The van der Waals surface area contributed by atoms with Gasteiger partial charge in [-0.3, -0.25) is 4.79 Å². The van der Waals surface area contributed by atoms with E-state index in [4.69, 9.17) is 4.74 Å². The first kappa shape index (κ1) is 8.61. The van der Waals surface area contributed by atoms with Crippen LogP contribution in [-0.2, 0) is 16.1 Å². The number of ether oxygens (including phenoxy) is 1. The fourth-order valence-corrected chi connectivity index (χ4v) is 0.733. The molecule has 0 aliphatic carbocycles. The SMILES string of the molecule is CCC(=O)OCc1c#cccc1. The maximum Gasteiger partial charge on any atom is 0.305 e. The van der Waals surface area contributed by atoms with Crippen LogP contribution in [0.5, 0.6) is 0 Å². The first-order valence-electron chi connectivity index (χ1n) is 3.86. The molecule has 0 unspecified atom stereocenters. The van der Waals surface area contributed by atoms with Gasteiger partial charge in [0.2, 0.25) is 0 Å². The Morgan fingerprint density at radius 1 is 1.67 bits per heavy atom. The summed E-state index contributed by atoms with van der Waals surface area (Å²) in [6.07, 6.45) is 0.413. The Labute approximate surface area is 72.2 Å². The van der Waals surface area contributed by atoms with Gasteiger partial charge in [0, 0.05) is 12.0 Å². The molecule has 1 aromatic rings. The maximum atomic E-state index is 10.7. The van der Waals surface area contributed by atoms with Crippen molar-refractivity contribution < 1.29 is 9.53 Å². The van der Waals surface area contributed by atoms with E-state index in [1.807, 2.05) is 12.1 Å². The number of hydrogen-bond donors (Lipinski definition) is 0. The Kier molecular flexibility index (Phi) is 3.16. The Balaban J connectivity index is 2.38. The summed E-state index contributed by atoms with van der Waals surface area (Å²) < 4.78 is 4.89. The zero-order valence-corrected chi connectivity index (χ0v) is 6.96. The lowest BCUT2D eigenvalue weighted by Gasteiger charge is -1.99. The standard InChI is InChI=1S/C10H10O2/c1-2-10(11)12-8-9-6-4-3-5-7-9/h3-4,6H,2,8H2,1H3. The van der Waals surface area contributed by atoms with Gasteiger partial charge in [0.1, 0.15) is 6.61 Å². The molecule has 0 atom stereocenters. The Hall–Kier alpha value is -1.49. The molecule has 0 spiro atoms. The van der Waals surface area contributed by atoms with E-state index in [0.29, 0.717) is 13.0 Å². The van der Waals surface area contributed by atoms with Crippen molar-refractivity contribution in [1.82, 2.24) is 0 Å². The van der Waals surface area contributed by atoms with E-state index in [1.165, 1.54) is 0 Å². The van der Waals surface area contributed by atoms with Crippen molar-refractivity contribution in [2.75, 3.05) is 0 Å². The van der Waals surface area contributed by atoms with Gasteiger partial charge in [0.05, 0.1) is 0 Å². The van der Waals surface area contributed by atoms with E-state index in [2.05, 4.69) is 12.1 Å². The number of carbonyl (C=O) groups excluding carboxylic acids is 1. The average molecular weight is 162 g/mol. The molecule has 2 nitrogen and oxygen atoms in total. The third-order valence-electron chi connectivity index (χ3n) is 1.39. The minimum atomic E-state index is -0.188. The fourth-order valence-electron chi connectivity index (χ4n) is 0.733. The van der Waals surface area contributed by atoms with Gasteiger partial charge in [-0.2, -0.15) is 0 Å². The van der Waals surface area contributed by atoms with E-state index in [0.717, 1.165) is 5.56 Å². The molecule has 2 heteroatoms. The second kappa shape index (κ2) is 4.40. The van der Waals surface area contributed by atoms with Crippen LogP contribution in [0.2, 0.25) is 0 Å². The molecule has 0 aromatic heterocycles. The normalized spacial score (nSPS) is 8.75. The van der Waals surface area contributed by atoms with Crippen LogP contribution in [0.25, 0.3) is 0 Å². The molecular weight excluding hydrogens is 152 g/mol. The van der Waals surface area contributed by atoms with Gasteiger partial charge in [0.25, 0.3) is 0 Å². The Bertz CT molecular complexity index is 241. The molecule has 0 N–H and O–H groups in total. The molecule has 0 radical (unpaired) electrons. The van der Waals surface area contributed by atoms with Crippen LogP contribution in [-0.4, -0.2) is 5.97 Å². The van der Waals surface area contributed by atoms with E-state index in [1.54, 1.807) is 13.0 Å². The van der Waals surface area contributed by atoms with E-state index >= 15 is 0 Å². The van der Waals surface area contributed by atoms with Crippen LogP contribution >= 0.6 is 0 Å². The average Bonchev–Trinajstić information content (AvgIpc) is 2.16. The predicted octanol–water partition coefficient (Wildman–Crippen LogP) is 1.74. The topological polar surface area (TPSA) is 26.3 Å². The van der Waals surface area contributed by atoms with Crippen LogP contribution in [0.1, 0.15) is 18.9 Å². The molecule has 0 saturated carbocycles. The lowest BCUT2D eigenvalue weighted by Crippen LogP contribution is -2.01. The number of esters is 1. The van der Waals surface area contributed by atoms with Crippen molar-refractivity contribution in [1.29, 1.82) is 0 Å². The molecule has 0 amide bonds. The number of carbonyl (C=O) groups is 1. The highest BCUT2D eigenvalue weighted by molar-refractivity contribution is 5.68. The smallest absolute Gasteiger partial charge is 0.305 e. The highest BCUT2D eigenvalue weighted by Crippen LogP contribution is 1.97. The largest absolute Gasteiger partial charge is 0.460 e. The molecule has 12 heavy (non-hydrogen) atoms. The molecule has 0 heterocycles. The highest BCUT2D eigenvalue weighted by atomic mass is 16.5. The molecule has 0 fully saturated rings. The fraction of sp³-hybridized carbons (Fsp3) is 0.300. The summed E-state index contributed by atoms with van der Waals surface area (Å²) in [5.41, 5.74) is 0.847. The number of rotatable bonds is 3. The Morgan fingerprint density at radius 3 is 3.08 bits per heavy atom. The molecular formula is C10H10O2. The zero-order chi connectivity index (χ0) is 8.81. The molecule has 0 aliphatic heterocycles. The molecule has 1 rings (SSSR count). The summed E-state index contributed by atoms with van der Waals surface area (Å²) in [6.45, 7) is 2.06. The van der Waals surface area contributed by atoms with Crippen LogP contribution in [0.3, 0.4) is 0 Å². The molecule has 62 valence electrons. The molecule has 0 aliphatic rings. The highest BCUT2D eigenvalue weighted by Gasteiger charge is 1.97. The summed E-state index contributed by atoms with van der Waals surface area (Å²) in [5.74, 6) is -0.188. The molecule has 0 saturated heterocycles. The van der Waals surface area contributed by atoms with Crippen LogP contribution in [0.15, 0.2) is 18.2 Å². The van der Waals surface area contributed by atoms with Crippen LogP contribution < -0.4 is 0 Å². The summed E-state index contributed by atoms with van der Waals surface area (Å²) in [5, 5.41) is 0. The lowest BCUT2D eigenvalue weighted by atomic mass is 10.3. The monoisotopic (exact) mass is 162 g/mol. The minimum Gasteiger partial charge on any atom is -0.460 e. The van der Waals surface area contributed by atoms with Crippen molar-refractivity contribution in [3.05, 3.63) is 35.9 Å². The number of hydrogen-bond acceptors (Lipinski definition) is 2. The summed E-state index contributed by atoms with van der Waals surface area (Å²) >= 11 is 0. The van der Waals surface area contributed by atoms with Crippen molar-refractivity contribution in [3.8, 4) is 0 Å². The third kappa shape index (κ3) is 2.63. The first-order chi connectivity index (χ1) is 5.83. The van der Waals surface area contributed by atoms with Gasteiger partial charge in [0.15, 0.2) is 0 Å². The summed E-state index contributed by atoms with van der Waals surface area (Å²) in [6, 6.07) is 11.1. The second-order valence-corrected chi connectivity index (χ2v) is 2.33. The van der Waals surface area contributed by atoms with Gasteiger partial charge in [-0.05, 0) is 12.1 Å². The molecule has 0 bridgehead atoms. The molecule has 1 aromatic carbocycles. The second-order valence-electron chi connectivity index (χ2n) is 2.33. The van der Waals surface area contributed by atoms with Crippen molar-refractivity contribution in [3.63, 3.8) is 0 Å². The Morgan fingerprint density at radius 2 is 2.50 bits per heavy atom. The van der Waals surface area contributed by atoms with Gasteiger partial charge < -0.3 is 4.74 Å². The van der Waals surface area contributed by atoms with Crippen LogP contribution in [0.4, 0.5) is 0 Å². The zero-order valence-electron chi connectivity index (χ0n) is 6.96. The lowest BCUT2D eigenvalue weighted by molar-refractivity contribution is -0.144. The van der Waals surface area contributed by atoms with Crippen LogP contribution in [0, 0.1) is 12.1 Å². The van der Waals surface area contributed by atoms with Gasteiger partial charge in [-0.25, -0.2) is 0 Å². The van der Waals surface area contributed by atoms with Gasteiger partial charge in [-0.1, -0.05) is 25.1 Å². The van der Waals surface area contributed by atoms with E-state index in [-0.39, 0.29) is 5.97 Å². The van der Waals surface area contributed by atoms with Crippen molar-refractivity contribution >= 4 is 5.97 Å². The summed E-state index contributed by atoms with van der Waals surface area (Å²) in [7, 11) is 0. The first-order valence-corrected chi connectivity index (χ1v) is 3.86. The predicted molar refractivity (Wildman–Crippen MR) is 44.2 cm³/mol. The van der Waals surface area contributed by atoms with Gasteiger partial charge in [-0.15, -0.1) is 0 Å². The minimum absolute atomic E-state index is 0.188.